The van der Waals surface area contributed by atoms with Gasteiger partial charge in [-0.1, -0.05) is 40.2 Å². The first kappa shape index (κ1) is 13.2. The van der Waals surface area contributed by atoms with Gasteiger partial charge in [-0.2, -0.15) is 0 Å². The summed E-state index contributed by atoms with van der Waals surface area (Å²) in [5, 5.41) is 0. The fourth-order valence-corrected chi connectivity index (χ4v) is 3.20. The maximum Gasteiger partial charge on any atom is 0.256 e. The van der Waals surface area contributed by atoms with Crippen LogP contribution in [0.1, 0.15) is 27.4 Å². The fourth-order valence-electron chi connectivity index (χ4n) is 2.78. The molecule has 0 radical (unpaired) electrons. The van der Waals surface area contributed by atoms with E-state index in [0.29, 0.717) is 17.8 Å². The number of nitrogens with two attached hydrogens (primary N) is 1. The first-order valence-corrected chi connectivity index (χ1v) is 7.26. The number of nitrogens with zero attached hydrogens (tertiary/aromatic N) is 1. The topological polar surface area (TPSA) is 46.3 Å². The summed E-state index contributed by atoms with van der Waals surface area (Å²) in [5.41, 5.74) is 9.41. The minimum absolute atomic E-state index is 0.00402. The van der Waals surface area contributed by atoms with E-state index < -0.39 is 0 Å². The number of benzene rings is 2. The summed E-state index contributed by atoms with van der Waals surface area (Å²) >= 11 is 3.50. The van der Waals surface area contributed by atoms with Gasteiger partial charge in [0.2, 0.25) is 0 Å². The second-order valence-electron chi connectivity index (χ2n) is 5.10. The minimum atomic E-state index is 0.00402. The van der Waals surface area contributed by atoms with Crippen LogP contribution in [-0.4, -0.2) is 24.4 Å². The highest BCUT2D eigenvalue weighted by Crippen LogP contribution is 2.36. The zero-order valence-corrected chi connectivity index (χ0v) is 12.7. The van der Waals surface area contributed by atoms with E-state index in [-0.39, 0.29) is 11.8 Å². The van der Waals surface area contributed by atoms with Crippen molar-refractivity contribution < 1.29 is 4.79 Å². The van der Waals surface area contributed by atoms with Gasteiger partial charge in [0.05, 0.1) is 5.56 Å². The van der Waals surface area contributed by atoms with Crippen LogP contribution in [0, 0.1) is 0 Å². The van der Waals surface area contributed by atoms with E-state index in [1.807, 2.05) is 31.3 Å². The molecule has 2 aromatic carbocycles. The summed E-state index contributed by atoms with van der Waals surface area (Å²) in [4.78, 5) is 14.1. The Bertz CT molecular complexity index is 684. The van der Waals surface area contributed by atoms with Crippen molar-refractivity contribution in [1.82, 2.24) is 4.90 Å². The van der Waals surface area contributed by atoms with Crippen LogP contribution in [0.15, 0.2) is 46.9 Å². The predicted molar refractivity (Wildman–Crippen MR) is 83.8 cm³/mol. The SMILES string of the molecule is CN1CC(c2cccc(Br)c2)c2cccc(N)c2C1=O. The van der Waals surface area contributed by atoms with Gasteiger partial charge in [0.25, 0.3) is 5.91 Å². The Labute approximate surface area is 126 Å². The molecule has 1 heterocycles. The lowest BCUT2D eigenvalue weighted by atomic mass is 9.84. The number of likely N-dealkylation sites (N-methyl/N-ethyl adjacent to an activating group) is 1. The lowest BCUT2D eigenvalue weighted by Gasteiger charge is -2.33. The van der Waals surface area contributed by atoms with Gasteiger partial charge >= 0.3 is 0 Å². The van der Waals surface area contributed by atoms with E-state index in [2.05, 4.69) is 28.1 Å². The van der Waals surface area contributed by atoms with Crippen LogP contribution in [0.4, 0.5) is 5.69 Å². The number of hydrogen-bond donors (Lipinski definition) is 1. The number of anilines is 1. The van der Waals surface area contributed by atoms with Crippen molar-refractivity contribution in [2.45, 2.75) is 5.92 Å². The van der Waals surface area contributed by atoms with E-state index in [0.717, 1.165) is 10.0 Å². The Morgan fingerprint density at radius 2 is 2.00 bits per heavy atom. The van der Waals surface area contributed by atoms with E-state index in [1.165, 1.54) is 5.56 Å². The number of hydrogen-bond acceptors (Lipinski definition) is 2. The second-order valence-corrected chi connectivity index (χ2v) is 6.02. The Hall–Kier alpha value is -1.81. The number of rotatable bonds is 1. The van der Waals surface area contributed by atoms with E-state index >= 15 is 0 Å². The molecule has 0 bridgehead atoms. The Balaban J connectivity index is 2.17. The van der Waals surface area contributed by atoms with Gasteiger partial charge in [0, 0.05) is 29.7 Å². The summed E-state index contributed by atoms with van der Waals surface area (Å²) in [5.74, 6) is 0.165. The minimum Gasteiger partial charge on any atom is -0.398 e. The molecule has 102 valence electrons. The van der Waals surface area contributed by atoms with Gasteiger partial charge in [-0.25, -0.2) is 0 Å². The monoisotopic (exact) mass is 330 g/mol. The zero-order chi connectivity index (χ0) is 14.3. The van der Waals surface area contributed by atoms with E-state index in [9.17, 15) is 4.79 Å². The molecule has 2 N–H and O–H groups in total. The van der Waals surface area contributed by atoms with Crippen LogP contribution in [0.5, 0.6) is 0 Å². The second kappa shape index (κ2) is 4.94. The van der Waals surface area contributed by atoms with Gasteiger partial charge in [-0.3, -0.25) is 4.79 Å². The molecular formula is C16H15BrN2O. The highest BCUT2D eigenvalue weighted by atomic mass is 79.9. The molecule has 0 saturated heterocycles. The van der Waals surface area contributed by atoms with Gasteiger partial charge in [0.1, 0.15) is 0 Å². The lowest BCUT2D eigenvalue weighted by Crippen LogP contribution is -2.37. The summed E-state index contributed by atoms with van der Waals surface area (Å²) in [7, 11) is 1.82. The third-order valence-electron chi connectivity index (χ3n) is 3.77. The fraction of sp³-hybridized carbons (Fsp3) is 0.188. The number of amides is 1. The molecule has 1 unspecified atom stereocenters. The van der Waals surface area contributed by atoms with Crippen molar-refractivity contribution in [3.63, 3.8) is 0 Å². The third-order valence-corrected chi connectivity index (χ3v) is 4.27. The molecule has 0 fully saturated rings. The maximum absolute atomic E-state index is 12.3. The number of carbonyl (C=O) groups excluding carboxylic acids is 1. The predicted octanol–water partition coefficient (Wildman–Crippen LogP) is 3.25. The first-order valence-electron chi connectivity index (χ1n) is 6.47. The average molecular weight is 331 g/mol. The molecule has 3 rings (SSSR count). The van der Waals surface area contributed by atoms with Crippen molar-refractivity contribution in [1.29, 1.82) is 0 Å². The van der Waals surface area contributed by atoms with Gasteiger partial charge in [-0.15, -0.1) is 0 Å². The van der Waals surface area contributed by atoms with Crippen LogP contribution in [-0.2, 0) is 0 Å². The number of halogens is 1. The molecule has 1 aliphatic heterocycles. The molecule has 1 amide bonds. The number of fused-ring (bicyclic) bond motifs is 1. The van der Waals surface area contributed by atoms with Crippen molar-refractivity contribution in [3.8, 4) is 0 Å². The molecule has 0 saturated carbocycles. The Morgan fingerprint density at radius 1 is 1.25 bits per heavy atom. The van der Waals surface area contributed by atoms with Crippen molar-refractivity contribution in [2.75, 3.05) is 19.3 Å². The lowest BCUT2D eigenvalue weighted by molar-refractivity contribution is 0.0773. The highest BCUT2D eigenvalue weighted by Gasteiger charge is 2.31. The van der Waals surface area contributed by atoms with Crippen molar-refractivity contribution in [2.24, 2.45) is 0 Å². The summed E-state index contributed by atoms with van der Waals surface area (Å²) in [6, 6.07) is 13.9. The van der Waals surface area contributed by atoms with Gasteiger partial charge < -0.3 is 10.6 Å². The van der Waals surface area contributed by atoms with Crippen LogP contribution in [0.25, 0.3) is 0 Å². The van der Waals surface area contributed by atoms with Gasteiger partial charge in [0.15, 0.2) is 0 Å². The van der Waals surface area contributed by atoms with Crippen LogP contribution < -0.4 is 5.73 Å². The largest absolute Gasteiger partial charge is 0.398 e. The maximum atomic E-state index is 12.3. The third kappa shape index (κ3) is 2.10. The molecular weight excluding hydrogens is 316 g/mol. The van der Waals surface area contributed by atoms with Crippen LogP contribution >= 0.6 is 15.9 Å². The van der Waals surface area contributed by atoms with Crippen LogP contribution in [0.3, 0.4) is 0 Å². The smallest absolute Gasteiger partial charge is 0.256 e. The molecule has 2 aromatic rings. The van der Waals surface area contributed by atoms with Gasteiger partial charge in [-0.05, 0) is 29.3 Å². The summed E-state index contributed by atoms with van der Waals surface area (Å²) in [6.07, 6.45) is 0. The number of nitrogen functional groups attached to an aromatic ring is 1. The molecule has 1 atom stereocenters. The molecule has 0 spiro atoms. The molecule has 4 heteroatoms. The van der Waals surface area contributed by atoms with E-state index in [4.69, 9.17) is 5.73 Å². The molecule has 3 nitrogen and oxygen atoms in total. The Kier molecular flexibility index (Phi) is 3.26. The quantitative estimate of drug-likeness (QED) is 0.816. The van der Waals surface area contributed by atoms with Crippen molar-refractivity contribution in [3.05, 3.63) is 63.6 Å². The Morgan fingerprint density at radius 3 is 2.75 bits per heavy atom. The average Bonchev–Trinajstić information content (AvgIpc) is 2.42. The summed E-state index contributed by atoms with van der Waals surface area (Å²) < 4.78 is 1.04. The normalized spacial score (nSPS) is 18.0. The molecule has 20 heavy (non-hydrogen) atoms. The zero-order valence-electron chi connectivity index (χ0n) is 11.1. The standard InChI is InChI=1S/C16H15BrN2O/c1-19-9-13(10-4-2-5-11(17)8-10)12-6-3-7-14(18)15(12)16(19)20/h2-8,13H,9,18H2,1H3. The molecule has 0 aliphatic carbocycles. The number of carbonyl (C=O) groups is 1. The van der Waals surface area contributed by atoms with Crippen LogP contribution in [0.2, 0.25) is 0 Å². The first-order chi connectivity index (χ1) is 9.58. The molecule has 0 aromatic heterocycles. The van der Waals surface area contributed by atoms with E-state index in [1.54, 1.807) is 11.0 Å². The molecule has 1 aliphatic rings. The summed E-state index contributed by atoms with van der Waals surface area (Å²) in [6.45, 7) is 0.672. The highest BCUT2D eigenvalue weighted by molar-refractivity contribution is 9.10. The van der Waals surface area contributed by atoms with Crippen molar-refractivity contribution >= 4 is 27.5 Å².